The van der Waals surface area contributed by atoms with Crippen molar-refractivity contribution in [1.82, 2.24) is 15.1 Å². The Morgan fingerprint density at radius 1 is 1.17 bits per heavy atom. The lowest BCUT2D eigenvalue weighted by Crippen LogP contribution is -2.36. The SMILES string of the molecule is O=C(Nc1ccc(Br)cn1)c1[nH][n+]2c(C(F)(F)F)cc(-c3ccccc3)nc2c1Cl. The van der Waals surface area contributed by atoms with Crippen molar-refractivity contribution in [2.75, 3.05) is 5.32 Å². The zero-order valence-corrected chi connectivity index (χ0v) is 17.2. The fourth-order valence-electron chi connectivity index (χ4n) is 2.78. The minimum Gasteiger partial charge on any atom is -0.305 e. The Kier molecular flexibility index (Phi) is 5.20. The molecule has 3 heterocycles. The molecule has 0 aliphatic heterocycles. The molecule has 30 heavy (non-hydrogen) atoms. The van der Waals surface area contributed by atoms with Crippen LogP contribution in [-0.4, -0.2) is 21.0 Å². The Morgan fingerprint density at radius 2 is 1.90 bits per heavy atom. The molecular weight excluding hydrogens is 487 g/mol. The number of benzene rings is 1. The average molecular weight is 498 g/mol. The Bertz CT molecular complexity index is 1240. The maximum atomic E-state index is 13.7. The monoisotopic (exact) mass is 496 g/mol. The normalized spacial score (nSPS) is 11.6. The van der Waals surface area contributed by atoms with Gasteiger partial charge >= 0.3 is 11.8 Å². The summed E-state index contributed by atoms with van der Waals surface area (Å²) in [6, 6.07) is 12.4. The first-order valence-electron chi connectivity index (χ1n) is 8.44. The van der Waals surface area contributed by atoms with Crippen LogP contribution in [0.3, 0.4) is 0 Å². The summed E-state index contributed by atoms with van der Waals surface area (Å²) < 4.78 is 42.5. The van der Waals surface area contributed by atoms with Crippen LogP contribution in [0, 0.1) is 0 Å². The number of halogens is 5. The van der Waals surface area contributed by atoms with E-state index in [9.17, 15) is 18.0 Å². The molecule has 0 bridgehead atoms. The molecule has 6 nitrogen and oxygen atoms in total. The molecule has 3 aromatic heterocycles. The number of amides is 1. The molecule has 2 N–H and O–H groups in total. The Hall–Kier alpha value is -2.98. The average Bonchev–Trinajstić information content (AvgIpc) is 3.05. The van der Waals surface area contributed by atoms with E-state index in [0.29, 0.717) is 14.6 Å². The fraction of sp³-hybridized carbons (Fsp3) is 0.0526. The van der Waals surface area contributed by atoms with E-state index in [2.05, 4.69) is 36.3 Å². The molecule has 0 fully saturated rings. The van der Waals surface area contributed by atoms with Gasteiger partial charge in [0.2, 0.25) is 5.69 Å². The lowest BCUT2D eigenvalue weighted by atomic mass is 10.1. The summed E-state index contributed by atoms with van der Waals surface area (Å²) in [5, 5.41) is 4.64. The smallest absolute Gasteiger partial charge is 0.305 e. The van der Waals surface area contributed by atoms with Gasteiger partial charge in [0.15, 0.2) is 16.4 Å². The van der Waals surface area contributed by atoms with Gasteiger partial charge in [-0.05, 0) is 33.0 Å². The summed E-state index contributed by atoms with van der Waals surface area (Å²) in [5.74, 6) is -0.549. The van der Waals surface area contributed by atoms with Crippen LogP contribution in [0.2, 0.25) is 5.02 Å². The van der Waals surface area contributed by atoms with Gasteiger partial charge in [-0.2, -0.15) is 13.2 Å². The molecule has 4 rings (SSSR count). The number of H-pyrrole nitrogens is 1. The summed E-state index contributed by atoms with van der Waals surface area (Å²) in [6.07, 6.45) is -3.25. The zero-order chi connectivity index (χ0) is 21.5. The number of carbonyl (C=O) groups excluding carboxylic acids is 1. The lowest BCUT2D eigenvalue weighted by molar-refractivity contribution is -0.603. The van der Waals surface area contributed by atoms with Gasteiger partial charge in [0.05, 0.1) is 0 Å². The third kappa shape index (κ3) is 3.88. The van der Waals surface area contributed by atoms with Crippen LogP contribution in [-0.2, 0) is 6.18 Å². The summed E-state index contributed by atoms with van der Waals surface area (Å²) >= 11 is 9.48. The molecule has 0 radical (unpaired) electrons. The van der Waals surface area contributed by atoms with Crippen LogP contribution in [0.15, 0.2) is 59.2 Å². The summed E-state index contributed by atoms with van der Waals surface area (Å²) in [5.41, 5.74) is -0.990. The van der Waals surface area contributed by atoms with Crippen molar-refractivity contribution in [3.63, 3.8) is 0 Å². The topological polar surface area (TPSA) is 74.8 Å². The quantitative estimate of drug-likeness (QED) is 0.396. The van der Waals surface area contributed by atoms with Gasteiger partial charge in [0, 0.05) is 22.3 Å². The predicted octanol–water partition coefficient (Wildman–Crippen LogP) is 4.90. The van der Waals surface area contributed by atoms with E-state index in [4.69, 9.17) is 11.6 Å². The van der Waals surface area contributed by atoms with Gasteiger partial charge in [-0.1, -0.05) is 41.9 Å². The second-order valence-corrected chi connectivity index (χ2v) is 7.46. The number of carbonyl (C=O) groups is 1. The minimum atomic E-state index is -4.72. The number of anilines is 1. The van der Waals surface area contributed by atoms with Crippen molar-refractivity contribution in [1.29, 1.82) is 0 Å². The largest absolute Gasteiger partial charge is 0.456 e. The number of nitrogens with zero attached hydrogens (tertiary/aromatic N) is 3. The highest BCUT2D eigenvalue weighted by molar-refractivity contribution is 9.10. The molecular formula is C19H11BrClF3N5O+. The van der Waals surface area contributed by atoms with Crippen LogP contribution in [0.4, 0.5) is 19.0 Å². The number of pyridine rings is 1. The van der Waals surface area contributed by atoms with Crippen molar-refractivity contribution >= 4 is 44.9 Å². The maximum absolute atomic E-state index is 13.7. The lowest BCUT2D eigenvalue weighted by Gasteiger charge is -2.05. The number of aromatic amines is 1. The second-order valence-electron chi connectivity index (χ2n) is 6.17. The van der Waals surface area contributed by atoms with E-state index < -0.39 is 17.8 Å². The second kappa shape index (κ2) is 7.69. The molecule has 152 valence electrons. The summed E-state index contributed by atoms with van der Waals surface area (Å²) in [4.78, 5) is 20.8. The highest BCUT2D eigenvalue weighted by Crippen LogP contribution is 2.31. The van der Waals surface area contributed by atoms with E-state index in [-0.39, 0.29) is 27.9 Å². The third-order valence-corrected chi connectivity index (χ3v) is 4.98. The molecule has 11 heteroatoms. The standard InChI is InChI=1S/C19H10BrClF3N5O/c20-11-6-7-14(25-9-11)27-18(30)16-15(21)17-26-12(10-4-2-1-3-5-10)8-13(19(22,23)24)29(17)28-16/h1-9H,(H,25,27,30)/p+1. The number of hydrogen-bond acceptors (Lipinski definition) is 3. The molecule has 0 atom stereocenters. The molecule has 0 aliphatic rings. The number of hydrogen-bond donors (Lipinski definition) is 2. The van der Waals surface area contributed by atoms with Crippen LogP contribution < -0.4 is 9.83 Å². The van der Waals surface area contributed by atoms with Crippen molar-refractivity contribution in [2.24, 2.45) is 0 Å². The van der Waals surface area contributed by atoms with Crippen molar-refractivity contribution in [3.05, 3.63) is 75.6 Å². The van der Waals surface area contributed by atoms with E-state index in [0.717, 1.165) is 6.07 Å². The van der Waals surface area contributed by atoms with Crippen LogP contribution in [0.1, 0.15) is 16.2 Å². The van der Waals surface area contributed by atoms with E-state index in [1.807, 2.05) is 0 Å². The van der Waals surface area contributed by atoms with Gasteiger partial charge < -0.3 is 5.32 Å². The predicted molar refractivity (Wildman–Crippen MR) is 107 cm³/mol. The first-order valence-corrected chi connectivity index (χ1v) is 9.61. The maximum Gasteiger partial charge on any atom is 0.456 e. The fourth-order valence-corrected chi connectivity index (χ4v) is 3.27. The summed E-state index contributed by atoms with van der Waals surface area (Å²) in [6.45, 7) is 0. The van der Waals surface area contributed by atoms with Crippen molar-refractivity contribution in [3.8, 4) is 11.3 Å². The molecule has 0 saturated heterocycles. The molecule has 4 aromatic rings. The van der Waals surface area contributed by atoms with Crippen molar-refractivity contribution in [2.45, 2.75) is 6.18 Å². The van der Waals surface area contributed by atoms with Gasteiger partial charge in [-0.25, -0.2) is 10.1 Å². The van der Waals surface area contributed by atoms with Crippen LogP contribution in [0.25, 0.3) is 16.9 Å². The molecule has 1 amide bonds. The first kappa shape index (κ1) is 20.3. The number of alkyl halides is 3. The highest BCUT2D eigenvalue weighted by Gasteiger charge is 2.41. The number of rotatable bonds is 3. The molecule has 0 unspecified atom stereocenters. The highest BCUT2D eigenvalue weighted by atomic mass is 79.9. The van der Waals surface area contributed by atoms with Gasteiger partial charge in [0.25, 0.3) is 5.91 Å². The Morgan fingerprint density at radius 3 is 2.53 bits per heavy atom. The van der Waals surface area contributed by atoms with Gasteiger partial charge in [0.1, 0.15) is 5.82 Å². The first-order chi connectivity index (χ1) is 14.2. The van der Waals surface area contributed by atoms with Gasteiger partial charge in [-0.3, -0.25) is 4.79 Å². The Balaban J connectivity index is 1.84. The third-order valence-electron chi connectivity index (χ3n) is 4.15. The number of fused-ring (bicyclic) bond motifs is 1. The Labute approximate surface area is 180 Å². The molecule has 0 aliphatic carbocycles. The summed E-state index contributed by atoms with van der Waals surface area (Å²) in [7, 11) is 0. The minimum absolute atomic E-state index is 0.0744. The molecule has 0 spiro atoms. The van der Waals surface area contributed by atoms with E-state index in [1.54, 1.807) is 36.4 Å². The molecule has 0 saturated carbocycles. The van der Waals surface area contributed by atoms with Gasteiger partial charge in [-0.15, -0.1) is 4.52 Å². The number of aromatic nitrogens is 4. The van der Waals surface area contributed by atoms with E-state index >= 15 is 0 Å². The zero-order valence-electron chi connectivity index (χ0n) is 14.8. The van der Waals surface area contributed by atoms with Crippen LogP contribution >= 0.6 is 27.5 Å². The van der Waals surface area contributed by atoms with E-state index in [1.165, 1.54) is 12.3 Å². The molecule has 1 aromatic carbocycles. The number of nitrogens with one attached hydrogen (secondary N) is 2. The van der Waals surface area contributed by atoms with Crippen molar-refractivity contribution < 1.29 is 22.5 Å². The van der Waals surface area contributed by atoms with Crippen LogP contribution in [0.5, 0.6) is 0 Å².